The highest BCUT2D eigenvalue weighted by Crippen LogP contribution is 2.36. The first-order chi connectivity index (χ1) is 12.5. The number of imide groups is 1. The fourth-order valence-electron chi connectivity index (χ4n) is 3.06. The molecule has 2 aromatic rings. The van der Waals surface area contributed by atoms with E-state index >= 15 is 0 Å². The van der Waals surface area contributed by atoms with E-state index in [1.165, 1.54) is 12.1 Å². The third-order valence-corrected chi connectivity index (χ3v) is 4.65. The van der Waals surface area contributed by atoms with E-state index in [-0.39, 0.29) is 10.7 Å². The van der Waals surface area contributed by atoms with Crippen molar-refractivity contribution in [2.24, 2.45) is 11.1 Å². The summed E-state index contributed by atoms with van der Waals surface area (Å²) < 4.78 is 18.5. The van der Waals surface area contributed by atoms with E-state index in [9.17, 15) is 14.0 Å². The number of carbonyl (C=O) groups excluding carboxylic acids is 2. The van der Waals surface area contributed by atoms with Crippen molar-refractivity contribution in [2.45, 2.75) is 6.10 Å². The first-order valence-electron chi connectivity index (χ1n) is 7.72. The highest BCUT2D eigenvalue weighted by Gasteiger charge is 2.56. The Bertz CT molecular complexity index is 945. The zero-order chi connectivity index (χ0) is 18.4. The van der Waals surface area contributed by atoms with Crippen molar-refractivity contribution in [3.8, 4) is 5.75 Å². The first-order valence-corrected chi connectivity index (χ1v) is 8.10. The largest absolute Gasteiger partial charge is 0.497 e. The Kier molecular flexibility index (Phi) is 3.88. The highest BCUT2D eigenvalue weighted by atomic mass is 35.5. The van der Waals surface area contributed by atoms with Crippen molar-refractivity contribution in [2.75, 3.05) is 12.0 Å². The van der Waals surface area contributed by atoms with Crippen LogP contribution in [0.25, 0.3) is 0 Å². The quantitative estimate of drug-likeness (QED) is 0.775. The fourth-order valence-corrected chi connectivity index (χ4v) is 3.23. The average Bonchev–Trinajstić information content (AvgIpc) is 3.18. The molecule has 0 N–H and O–H groups in total. The van der Waals surface area contributed by atoms with Gasteiger partial charge >= 0.3 is 0 Å². The molecule has 0 radical (unpaired) electrons. The van der Waals surface area contributed by atoms with Crippen molar-refractivity contribution >= 4 is 34.8 Å². The summed E-state index contributed by atoms with van der Waals surface area (Å²) in [5.41, 5.74) is 1.21. The van der Waals surface area contributed by atoms with Crippen LogP contribution < -0.4 is 9.64 Å². The van der Waals surface area contributed by atoms with Crippen molar-refractivity contribution in [1.29, 1.82) is 0 Å². The van der Waals surface area contributed by atoms with Crippen LogP contribution in [0.3, 0.4) is 0 Å². The van der Waals surface area contributed by atoms with E-state index in [1.54, 1.807) is 31.4 Å². The van der Waals surface area contributed by atoms with Gasteiger partial charge in [0.15, 0.2) is 0 Å². The lowest BCUT2D eigenvalue weighted by Crippen LogP contribution is -2.33. The maximum Gasteiger partial charge on any atom is 0.278 e. The number of anilines is 1. The molecular formula is C18H12ClFN2O4. The van der Waals surface area contributed by atoms with Crippen molar-refractivity contribution < 1.29 is 23.6 Å². The van der Waals surface area contributed by atoms with Crippen LogP contribution in [0.5, 0.6) is 5.75 Å². The van der Waals surface area contributed by atoms with Gasteiger partial charge in [0.05, 0.1) is 17.8 Å². The van der Waals surface area contributed by atoms with Gasteiger partial charge in [0.2, 0.25) is 12.0 Å². The Morgan fingerprint density at radius 1 is 1.15 bits per heavy atom. The van der Waals surface area contributed by atoms with Crippen LogP contribution in [0.2, 0.25) is 5.02 Å². The van der Waals surface area contributed by atoms with E-state index < -0.39 is 29.7 Å². The van der Waals surface area contributed by atoms with Crippen molar-refractivity contribution in [3.63, 3.8) is 0 Å². The molecule has 2 heterocycles. The van der Waals surface area contributed by atoms with Crippen LogP contribution in [0.15, 0.2) is 47.6 Å². The van der Waals surface area contributed by atoms with Gasteiger partial charge < -0.3 is 9.57 Å². The Labute approximate surface area is 152 Å². The van der Waals surface area contributed by atoms with Crippen molar-refractivity contribution in [1.82, 2.24) is 0 Å². The monoisotopic (exact) mass is 374 g/mol. The molecule has 132 valence electrons. The summed E-state index contributed by atoms with van der Waals surface area (Å²) in [6, 6.07) is 10.6. The number of rotatable bonds is 3. The first kappa shape index (κ1) is 16.5. The lowest BCUT2D eigenvalue weighted by atomic mass is 9.94. The number of ether oxygens (including phenoxy) is 1. The zero-order valence-corrected chi connectivity index (χ0v) is 14.2. The minimum Gasteiger partial charge on any atom is -0.497 e. The van der Waals surface area contributed by atoms with Gasteiger partial charge in [0.1, 0.15) is 23.2 Å². The molecular weight excluding hydrogens is 363 g/mol. The topological polar surface area (TPSA) is 68.2 Å². The van der Waals surface area contributed by atoms with E-state index in [0.717, 1.165) is 11.0 Å². The number of oxime groups is 1. The number of nitrogens with zero attached hydrogens (tertiary/aromatic N) is 2. The lowest BCUT2D eigenvalue weighted by molar-refractivity contribution is -0.126. The third kappa shape index (κ3) is 2.43. The summed E-state index contributed by atoms with van der Waals surface area (Å²) in [6.45, 7) is 0. The number of carbonyl (C=O) groups is 2. The molecule has 2 atom stereocenters. The second kappa shape index (κ2) is 6.10. The van der Waals surface area contributed by atoms with E-state index in [2.05, 4.69) is 5.16 Å². The molecule has 2 aromatic carbocycles. The summed E-state index contributed by atoms with van der Waals surface area (Å²) >= 11 is 5.77. The maximum absolute atomic E-state index is 13.4. The summed E-state index contributed by atoms with van der Waals surface area (Å²) in [7, 11) is 1.55. The van der Waals surface area contributed by atoms with Crippen LogP contribution in [0, 0.1) is 11.7 Å². The summed E-state index contributed by atoms with van der Waals surface area (Å²) in [5.74, 6) is -1.89. The molecule has 6 nitrogen and oxygen atoms in total. The second-order valence-corrected chi connectivity index (χ2v) is 6.23. The number of methoxy groups -OCH3 is 1. The normalized spacial score (nSPS) is 21.5. The molecule has 0 saturated carbocycles. The number of hydrogen-bond acceptors (Lipinski definition) is 5. The fraction of sp³-hybridized carbons (Fsp3) is 0.167. The molecule has 2 aliphatic heterocycles. The number of fused-ring (bicyclic) bond motifs is 1. The Morgan fingerprint density at radius 2 is 1.88 bits per heavy atom. The summed E-state index contributed by atoms with van der Waals surface area (Å²) in [5, 5.41) is 3.75. The van der Waals surface area contributed by atoms with Crippen molar-refractivity contribution in [3.05, 3.63) is 58.9 Å². The molecule has 2 aliphatic rings. The van der Waals surface area contributed by atoms with Gasteiger partial charge in [0, 0.05) is 5.56 Å². The van der Waals surface area contributed by atoms with Crippen LogP contribution in [-0.2, 0) is 14.4 Å². The van der Waals surface area contributed by atoms with Gasteiger partial charge in [-0.1, -0.05) is 16.8 Å². The predicted octanol–water partition coefficient (Wildman–Crippen LogP) is 2.78. The molecule has 8 heteroatoms. The smallest absolute Gasteiger partial charge is 0.278 e. The number of amides is 2. The molecule has 2 amide bonds. The molecule has 0 unspecified atom stereocenters. The minimum absolute atomic E-state index is 0.176. The van der Waals surface area contributed by atoms with Crippen LogP contribution in [-0.4, -0.2) is 30.7 Å². The van der Waals surface area contributed by atoms with Crippen LogP contribution >= 0.6 is 11.6 Å². The van der Waals surface area contributed by atoms with Gasteiger partial charge in [-0.05, 0) is 42.5 Å². The zero-order valence-electron chi connectivity index (χ0n) is 13.5. The third-order valence-electron chi connectivity index (χ3n) is 4.36. The molecule has 0 spiro atoms. The van der Waals surface area contributed by atoms with Gasteiger partial charge in [-0.2, -0.15) is 0 Å². The standard InChI is InChI=1S/C18H12ClFN2O4/c1-25-11-5-2-9(3-6-11)15-14-16(26-21-15)18(24)22(17(14)23)10-4-7-13(20)12(19)8-10/h2-8,14,16H,1H3/t14-,16+/m0/s1. The SMILES string of the molecule is COc1ccc(C2=NO[C@H]3C(=O)N(c4ccc(F)c(Cl)c4)C(=O)[C@@H]23)cc1. The molecule has 0 aromatic heterocycles. The van der Waals surface area contributed by atoms with Gasteiger partial charge in [0.25, 0.3) is 5.91 Å². The van der Waals surface area contributed by atoms with E-state index in [1.807, 2.05) is 0 Å². The number of hydrogen-bond donors (Lipinski definition) is 0. The maximum atomic E-state index is 13.4. The number of benzene rings is 2. The lowest BCUT2D eigenvalue weighted by Gasteiger charge is -2.15. The van der Waals surface area contributed by atoms with Gasteiger partial charge in [-0.25, -0.2) is 9.29 Å². The van der Waals surface area contributed by atoms with Crippen LogP contribution in [0.4, 0.5) is 10.1 Å². The average molecular weight is 375 g/mol. The Morgan fingerprint density at radius 3 is 2.54 bits per heavy atom. The second-order valence-electron chi connectivity index (χ2n) is 5.82. The van der Waals surface area contributed by atoms with Crippen LogP contribution in [0.1, 0.15) is 5.56 Å². The molecule has 26 heavy (non-hydrogen) atoms. The van der Waals surface area contributed by atoms with E-state index in [0.29, 0.717) is 17.0 Å². The molecule has 0 bridgehead atoms. The molecule has 1 fully saturated rings. The predicted molar refractivity (Wildman–Crippen MR) is 91.8 cm³/mol. The number of halogens is 2. The Balaban J connectivity index is 1.68. The molecule has 0 aliphatic carbocycles. The highest BCUT2D eigenvalue weighted by molar-refractivity contribution is 6.34. The minimum atomic E-state index is -1.04. The summed E-state index contributed by atoms with van der Waals surface area (Å²) in [4.78, 5) is 31.7. The molecule has 1 saturated heterocycles. The van der Waals surface area contributed by atoms with E-state index in [4.69, 9.17) is 21.2 Å². The van der Waals surface area contributed by atoms with Gasteiger partial charge in [-0.3, -0.25) is 9.59 Å². The summed E-state index contributed by atoms with van der Waals surface area (Å²) in [6.07, 6.45) is -1.04. The Hall–Kier alpha value is -2.93. The molecule has 4 rings (SSSR count). The van der Waals surface area contributed by atoms with Gasteiger partial charge in [-0.15, -0.1) is 0 Å².